The van der Waals surface area contributed by atoms with Crippen LogP contribution in [0.2, 0.25) is 0 Å². The Bertz CT molecular complexity index is 201. The first kappa shape index (κ1) is 10.4. The van der Waals surface area contributed by atoms with Crippen LogP contribution in [0.5, 0.6) is 0 Å². The van der Waals surface area contributed by atoms with E-state index in [4.69, 9.17) is 0 Å². The van der Waals surface area contributed by atoms with Gasteiger partial charge in [-0.1, -0.05) is 62.8 Å². The van der Waals surface area contributed by atoms with Gasteiger partial charge in [0.15, 0.2) is 0 Å². The van der Waals surface area contributed by atoms with Crippen molar-refractivity contribution in [2.24, 2.45) is 0 Å². The molecule has 0 radical (unpaired) electrons. The molecule has 62 valence electrons. The maximum absolute atomic E-state index is 3.64. The minimum Gasteiger partial charge on any atom is -0.0985 e. The zero-order valence-corrected chi connectivity index (χ0v) is 7.29. The zero-order valence-electron chi connectivity index (χ0n) is 7.29. The lowest BCUT2D eigenvalue weighted by atomic mass is 10.2. The van der Waals surface area contributed by atoms with E-state index in [0.29, 0.717) is 0 Å². The molecule has 0 saturated heterocycles. The lowest BCUT2D eigenvalue weighted by Crippen LogP contribution is -1.70. The van der Waals surface area contributed by atoms with E-state index in [1.54, 1.807) is 24.3 Å². The quantitative estimate of drug-likeness (QED) is 0.536. The Kier molecular flexibility index (Phi) is 5.37. The molecule has 0 aromatic heterocycles. The van der Waals surface area contributed by atoms with Gasteiger partial charge >= 0.3 is 0 Å². The van der Waals surface area contributed by atoms with Gasteiger partial charge in [0.1, 0.15) is 0 Å². The van der Waals surface area contributed by atoms with Crippen LogP contribution in [0.1, 0.15) is 0 Å². The van der Waals surface area contributed by atoms with Gasteiger partial charge < -0.3 is 0 Å². The molecule has 0 aliphatic carbocycles. The lowest BCUT2D eigenvalue weighted by Gasteiger charge is -1.90. The Labute approximate surface area is 74.6 Å². The van der Waals surface area contributed by atoms with E-state index in [1.807, 2.05) is 12.2 Å². The minimum absolute atomic E-state index is 0.983. The van der Waals surface area contributed by atoms with Crippen LogP contribution < -0.4 is 0 Å². The summed E-state index contributed by atoms with van der Waals surface area (Å²) in [4.78, 5) is 0. The van der Waals surface area contributed by atoms with Gasteiger partial charge in [-0.3, -0.25) is 0 Å². The molecule has 0 aliphatic heterocycles. The Balaban J connectivity index is 4.62. The van der Waals surface area contributed by atoms with Crippen molar-refractivity contribution < 1.29 is 0 Å². The van der Waals surface area contributed by atoms with Crippen molar-refractivity contribution in [2.45, 2.75) is 0 Å². The van der Waals surface area contributed by atoms with Crippen LogP contribution in [0.25, 0.3) is 0 Å². The van der Waals surface area contributed by atoms with Gasteiger partial charge in [-0.2, -0.15) is 0 Å². The van der Waals surface area contributed by atoms with Crippen LogP contribution in [0.4, 0.5) is 0 Å². The molecule has 0 rings (SSSR count). The smallest absolute Gasteiger partial charge is 0.0268 e. The van der Waals surface area contributed by atoms with Crippen LogP contribution in [0.3, 0.4) is 0 Å². The second kappa shape index (κ2) is 6.17. The molecule has 0 N–H and O–H groups in total. The van der Waals surface area contributed by atoms with Crippen LogP contribution in [0.15, 0.2) is 73.9 Å². The number of hydrogen-bond donors (Lipinski definition) is 0. The normalized spacial score (nSPS) is 7.67. The summed E-state index contributed by atoms with van der Waals surface area (Å²) in [6, 6.07) is 0. The second-order valence-electron chi connectivity index (χ2n) is 2.15. The van der Waals surface area contributed by atoms with Gasteiger partial charge in [0.05, 0.1) is 0 Å². The summed E-state index contributed by atoms with van der Waals surface area (Å²) >= 11 is 0. The first-order chi connectivity index (χ1) is 5.78. The van der Waals surface area contributed by atoms with E-state index in [-0.39, 0.29) is 0 Å². The Morgan fingerprint density at radius 3 is 1.00 bits per heavy atom. The molecule has 0 heteroatoms. The van der Waals surface area contributed by atoms with Crippen LogP contribution in [-0.4, -0.2) is 0 Å². The third-order valence-corrected chi connectivity index (χ3v) is 1.41. The third kappa shape index (κ3) is 3.57. The van der Waals surface area contributed by atoms with E-state index in [9.17, 15) is 0 Å². The zero-order chi connectivity index (χ0) is 9.40. The fourth-order valence-electron chi connectivity index (χ4n) is 0.631. The van der Waals surface area contributed by atoms with E-state index >= 15 is 0 Å². The Morgan fingerprint density at radius 1 is 0.583 bits per heavy atom. The Morgan fingerprint density at radius 2 is 0.833 bits per heavy atom. The summed E-state index contributed by atoms with van der Waals surface area (Å²) in [5, 5.41) is 0. The number of hydrogen-bond acceptors (Lipinski definition) is 0. The van der Waals surface area contributed by atoms with Crippen LogP contribution in [0, 0.1) is 0 Å². The molecule has 0 unspecified atom stereocenters. The summed E-state index contributed by atoms with van der Waals surface area (Å²) < 4.78 is 0. The molecular formula is C12H14. The van der Waals surface area contributed by atoms with Crippen molar-refractivity contribution >= 4 is 0 Å². The molecule has 0 heterocycles. The highest BCUT2D eigenvalue weighted by Crippen LogP contribution is 2.01. The predicted molar refractivity (Wildman–Crippen MR) is 57.0 cm³/mol. The highest BCUT2D eigenvalue weighted by atomic mass is 13.9. The SMILES string of the molecule is C=CC(C=C)=CC=C(C=C)C=C. The first-order valence-electron chi connectivity index (χ1n) is 3.70. The number of rotatable bonds is 5. The third-order valence-electron chi connectivity index (χ3n) is 1.41. The standard InChI is InChI=1S/C12H14/c1-5-11(6-2)9-10-12(7-3)8-4/h5-10H,1-4H2. The summed E-state index contributed by atoms with van der Waals surface area (Å²) in [6.07, 6.45) is 10.8. The van der Waals surface area contributed by atoms with Crippen molar-refractivity contribution in [3.63, 3.8) is 0 Å². The molecule has 0 fully saturated rings. The second-order valence-corrected chi connectivity index (χ2v) is 2.15. The van der Waals surface area contributed by atoms with Gasteiger partial charge in [0.2, 0.25) is 0 Å². The van der Waals surface area contributed by atoms with Gasteiger partial charge in [-0.05, 0) is 11.1 Å². The van der Waals surface area contributed by atoms with Crippen molar-refractivity contribution in [3.8, 4) is 0 Å². The first-order valence-corrected chi connectivity index (χ1v) is 3.70. The van der Waals surface area contributed by atoms with Crippen molar-refractivity contribution in [1.29, 1.82) is 0 Å². The van der Waals surface area contributed by atoms with Gasteiger partial charge in [0.25, 0.3) is 0 Å². The van der Waals surface area contributed by atoms with Crippen LogP contribution in [-0.2, 0) is 0 Å². The number of allylic oxidation sites excluding steroid dienone is 8. The van der Waals surface area contributed by atoms with E-state index in [2.05, 4.69) is 26.3 Å². The molecular weight excluding hydrogens is 144 g/mol. The summed E-state index contributed by atoms with van der Waals surface area (Å²) in [5.74, 6) is 0. The maximum atomic E-state index is 3.64. The maximum Gasteiger partial charge on any atom is -0.0268 e. The van der Waals surface area contributed by atoms with Crippen molar-refractivity contribution in [1.82, 2.24) is 0 Å². The van der Waals surface area contributed by atoms with Crippen molar-refractivity contribution in [2.75, 3.05) is 0 Å². The predicted octanol–water partition coefficient (Wildman–Crippen LogP) is 3.58. The molecule has 0 amide bonds. The molecule has 0 bridgehead atoms. The largest absolute Gasteiger partial charge is 0.0985 e. The van der Waals surface area contributed by atoms with Gasteiger partial charge in [0, 0.05) is 0 Å². The molecule has 0 atom stereocenters. The average Bonchev–Trinajstić information content (AvgIpc) is 2.13. The van der Waals surface area contributed by atoms with E-state index in [1.165, 1.54) is 0 Å². The fraction of sp³-hybridized carbons (Fsp3) is 0. The lowest BCUT2D eigenvalue weighted by molar-refractivity contribution is 1.66. The molecule has 0 nitrogen and oxygen atoms in total. The highest BCUT2D eigenvalue weighted by Gasteiger charge is 1.81. The monoisotopic (exact) mass is 158 g/mol. The van der Waals surface area contributed by atoms with Gasteiger partial charge in [-0.15, -0.1) is 0 Å². The molecule has 0 aromatic rings. The molecule has 0 aliphatic rings. The molecule has 0 saturated carbocycles. The Hall–Kier alpha value is -1.56. The molecule has 0 aromatic carbocycles. The van der Waals surface area contributed by atoms with Crippen LogP contribution >= 0.6 is 0 Å². The fourth-order valence-corrected chi connectivity index (χ4v) is 0.631. The summed E-state index contributed by atoms with van der Waals surface area (Å²) in [5.41, 5.74) is 1.97. The van der Waals surface area contributed by atoms with Gasteiger partial charge in [-0.25, -0.2) is 0 Å². The van der Waals surface area contributed by atoms with E-state index in [0.717, 1.165) is 11.1 Å². The summed E-state index contributed by atoms with van der Waals surface area (Å²) in [7, 11) is 0. The molecule has 12 heavy (non-hydrogen) atoms. The summed E-state index contributed by atoms with van der Waals surface area (Å²) in [6.45, 7) is 14.6. The average molecular weight is 158 g/mol. The topological polar surface area (TPSA) is 0 Å². The highest BCUT2D eigenvalue weighted by molar-refractivity contribution is 5.37. The van der Waals surface area contributed by atoms with Crippen molar-refractivity contribution in [3.05, 3.63) is 73.9 Å². The minimum atomic E-state index is 0.983. The van der Waals surface area contributed by atoms with E-state index < -0.39 is 0 Å². The molecule has 0 spiro atoms.